The smallest absolute Gasteiger partial charge is 0.262 e. The zero-order valence-corrected chi connectivity index (χ0v) is 12.9. The number of nitrogens with one attached hydrogen (secondary N) is 1. The van der Waals surface area contributed by atoms with E-state index >= 15 is 0 Å². The monoisotopic (exact) mass is 384 g/mol. The lowest BCUT2D eigenvalue weighted by Crippen LogP contribution is -2.20. The lowest BCUT2D eigenvalue weighted by Gasteiger charge is -2.08. The van der Waals surface area contributed by atoms with Gasteiger partial charge in [-0.05, 0) is 50.1 Å². The van der Waals surface area contributed by atoms with Crippen LogP contribution in [0.3, 0.4) is 0 Å². The average Bonchev–Trinajstić information content (AvgIpc) is 2.39. The van der Waals surface area contributed by atoms with E-state index in [1.54, 1.807) is 18.5 Å². The number of carbonyl (C=O) groups excluding carboxylic acids is 1. The van der Waals surface area contributed by atoms with E-state index < -0.39 is 0 Å². The van der Waals surface area contributed by atoms with Gasteiger partial charge in [0.05, 0.1) is 11.9 Å². The van der Waals surface area contributed by atoms with Gasteiger partial charge in [-0.1, -0.05) is 12.1 Å². The van der Waals surface area contributed by atoms with E-state index in [0.29, 0.717) is 11.4 Å². The Morgan fingerprint density at radius 3 is 2.79 bits per heavy atom. The summed E-state index contributed by atoms with van der Waals surface area (Å²) in [6.45, 7) is -0.0700. The van der Waals surface area contributed by atoms with Crippen LogP contribution in [0.2, 0.25) is 0 Å². The predicted molar refractivity (Wildman–Crippen MR) is 80.2 cm³/mol. The van der Waals surface area contributed by atoms with Gasteiger partial charge in [-0.15, -0.1) is 0 Å². The Labute approximate surface area is 127 Å². The van der Waals surface area contributed by atoms with Gasteiger partial charge in [0.15, 0.2) is 6.61 Å². The van der Waals surface area contributed by atoms with Crippen molar-refractivity contribution in [3.05, 3.63) is 51.7 Å². The Balaban J connectivity index is 1.90. The average molecular weight is 386 g/mol. The minimum absolute atomic E-state index is 0.0700. The van der Waals surface area contributed by atoms with Crippen LogP contribution in [0.25, 0.3) is 0 Å². The summed E-state index contributed by atoms with van der Waals surface area (Å²) in [6.07, 6.45) is 3.20. The molecule has 0 atom stereocenters. The molecule has 1 aromatic heterocycles. The molecule has 0 aliphatic carbocycles. The van der Waals surface area contributed by atoms with E-state index in [1.165, 1.54) is 0 Å². The summed E-state index contributed by atoms with van der Waals surface area (Å²) in [6, 6.07) is 9.14. The highest BCUT2D eigenvalue weighted by atomic mass is 79.9. The fourth-order valence-corrected chi connectivity index (χ4v) is 2.10. The van der Waals surface area contributed by atoms with Gasteiger partial charge in [-0.3, -0.25) is 9.78 Å². The first kappa shape index (κ1) is 14.0. The highest BCUT2D eigenvalue weighted by Crippen LogP contribution is 2.21. The van der Waals surface area contributed by atoms with Crippen molar-refractivity contribution in [3.8, 4) is 5.75 Å². The van der Waals surface area contributed by atoms with Gasteiger partial charge in [0, 0.05) is 15.1 Å². The van der Waals surface area contributed by atoms with Gasteiger partial charge < -0.3 is 10.1 Å². The molecule has 0 spiro atoms. The largest absolute Gasteiger partial charge is 0.482 e. The maximum atomic E-state index is 11.7. The maximum absolute atomic E-state index is 11.7. The molecule has 0 fully saturated rings. The molecule has 0 aliphatic rings. The Morgan fingerprint density at radius 2 is 2.05 bits per heavy atom. The van der Waals surface area contributed by atoms with Crippen molar-refractivity contribution in [2.75, 3.05) is 11.9 Å². The molecule has 1 amide bonds. The number of rotatable bonds is 4. The number of halogens is 2. The summed E-state index contributed by atoms with van der Waals surface area (Å²) in [7, 11) is 0. The first-order valence-electron chi connectivity index (χ1n) is 5.43. The van der Waals surface area contributed by atoms with Gasteiger partial charge >= 0.3 is 0 Å². The van der Waals surface area contributed by atoms with Gasteiger partial charge in [0.1, 0.15) is 5.75 Å². The molecule has 98 valence electrons. The number of para-hydroxylation sites is 1. The number of benzene rings is 1. The molecule has 0 aliphatic heterocycles. The highest BCUT2D eigenvalue weighted by Gasteiger charge is 2.06. The second-order valence-corrected chi connectivity index (χ2v) is 5.43. The number of ether oxygens (including phenoxy) is 1. The summed E-state index contributed by atoms with van der Waals surface area (Å²) < 4.78 is 6.97. The second kappa shape index (κ2) is 6.68. The molecule has 19 heavy (non-hydrogen) atoms. The lowest BCUT2D eigenvalue weighted by atomic mass is 10.3. The quantitative estimate of drug-likeness (QED) is 0.874. The predicted octanol–water partition coefficient (Wildman–Crippen LogP) is 3.62. The van der Waals surface area contributed by atoms with Crippen LogP contribution in [-0.4, -0.2) is 17.5 Å². The number of carbonyl (C=O) groups is 1. The third-order valence-corrected chi connectivity index (χ3v) is 3.32. The van der Waals surface area contributed by atoms with Crippen LogP contribution in [0.15, 0.2) is 51.7 Å². The van der Waals surface area contributed by atoms with E-state index in [-0.39, 0.29) is 12.5 Å². The van der Waals surface area contributed by atoms with Crippen molar-refractivity contribution in [2.24, 2.45) is 0 Å². The van der Waals surface area contributed by atoms with Crippen LogP contribution in [0.5, 0.6) is 5.75 Å². The van der Waals surface area contributed by atoms with Gasteiger partial charge in [0.2, 0.25) is 0 Å². The van der Waals surface area contributed by atoms with Crippen molar-refractivity contribution in [1.29, 1.82) is 0 Å². The molecule has 0 unspecified atom stereocenters. The Bertz CT molecular complexity index is 590. The van der Waals surface area contributed by atoms with Crippen LogP contribution >= 0.6 is 31.9 Å². The molecule has 2 aromatic rings. The molecule has 1 heterocycles. The van der Waals surface area contributed by atoms with Crippen LogP contribution in [0, 0.1) is 0 Å². The standard InChI is InChI=1S/C13H10Br2N2O2/c14-9-5-10(7-16-6-9)19-8-13(18)17-12-4-2-1-3-11(12)15/h1-7H,8H2,(H,17,18). The van der Waals surface area contributed by atoms with Crippen molar-refractivity contribution in [1.82, 2.24) is 4.98 Å². The molecule has 0 radical (unpaired) electrons. The SMILES string of the molecule is O=C(COc1cncc(Br)c1)Nc1ccccc1Br. The van der Waals surface area contributed by atoms with E-state index in [9.17, 15) is 4.79 Å². The summed E-state index contributed by atoms with van der Waals surface area (Å²) in [5.41, 5.74) is 0.712. The van der Waals surface area contributed by atoms with Gasteiger partial charge in [-0.2, -0.15) is 0 Å². The molecule has 1 aromatic carbocycles. The topological polar surface area (TPSA) is 51.2 Å². The summed E-state index contributed by atoms with van der Waals surface area (Å²) in [4.78, 5) is 15.7. The molecule has 0 bridgehead atoms. The number of pyridine rings is 1. The number of nitrogens with zero attached hydrogens (tertiary/aromatic N) is 1. The Hall–Kier alpha value is -1.40. The van der Waals surface area contributed by atoms with E-state index in [1.807, 2.05) is 24.3 Å². The van der Waals surface area contributed by atoms with E-state index in [2.05, 4.69) is 42.2 Å². The number of hydrogen-bond acceptors (Lipinski definition) is 3. The zero-order valence-electron chi connectivity index (χ0n) is 9.77. The summed E-state index contributed by atoms with van der Waals surface area (Å²) in [5.74, 6) is 0.309. The van der Waals surface area contributed by atoms with Crippen molar-refractivity contribution < 1.29 is 9.53 Å². The third-order valence-electron chi connectivity index (χ3n) is 2.20. The number of amides is 1. The highest BCUT2D eigenvalue weighted by molar-refractivity contribution is 9.10. The minimum atomic E-state index is -0.230. The first-order valence-corrected chi connectivity index (χ1v) is 7.01. The Morgan fingerprint density at radius 1 is 1.26 bits per heavy atom. The minimum Gasteiger partial charge on any atom is -0.482 e. The summed E-state index contributed by atoms with van der Waals surface area (Å²) >= 11 is 6.64. The van der Waals surface area contributed by atoms with E-state index in [0.717, 1.165) is 8.95 Å². The van der Waals surface area contributed by atoms with Crippen LogP contribution < -0.4 is 10.1 Å². The summed E-state index contributed by atoms with van der Waals surface area (Å²) in [5, 5.41) is 2.75. The second-order valence-electron chi connectivity index (χ2n) is 3.66. The third kappa shape index (κ3) is 4.33. The van der Waals surface area contributed by atoms with Crippen LogP contribution in [-0.2, 0) is 4.79 Å². The fourth-order valence-electron chi connectivity index (χ4n) is 1.37. The zero-order chi connectivity index (χ0) is 13.7. The molecule has 6 heteroatoms. The van der Waals surface area contributed by atoms with E-state index in [4.69, 9.17) is 4.74 Å². The fraction of sp³-hybridized carbons (Fsp3) is 0.0769. The van der Waals surface area contributed by atoms with Crippen molar-refractivity contribution >= 4 is 43.5 Å². The number of anilines is 1. The van der Waals surface area contributed by atoms with Crippen molar-refractivity contribution in [3.63, 3.8) is 0 Å². The molecule has 0 saturated heterocycles. The number of aromatic nitrogens is 1. The van der Waals surface area contributed by atoms with Gasteiger partial charge in [-0.25, -0.2) is 0 Å². The molecule has 0 saturated carbocycles. The van der Waals surface area contributed by atoms with Crippen LogP contribution in [0.4, 0.5) is 5.69 Å². The molecule has 2 rings (SSSR count). The first-order chi connectivity index (χ1) is 9.15. The van der Waals surface area contributed by atoms with Gasteiger partial charge in [0.25, 0.3) is 5.91 Å². The number of hydrogen-bond donors (Lipinski definition) is 1. The Kier molecular flexibility index (Phi) is 4.93. The molecule has 1 N–H and O–H groups in total. The van der Waals surface area contributed by atoms with Crippen molar-refractivity contribution in [2.45, 2.75) is 0 Å². The molecular formula is C13H10Br2N2O2. The van der Waals surface area contributed by atoms with Crippen LogP contribution in [0.1, 0.15) is 0 Å². The molecule has 4 nitrogen and oxygen atoms in total. The lowest BCUT2D eigenvalue weighted by molar-refractivity contribution is -0.118. The normalized spacial score (nSPS) is 10.0. The molecular weight excluding hydrogens is 376 g/mol. The maximum Gasteiger partial charge on any atom is 0.262 e.